The summed E-state index contributed by atoms with van der Waals surface area (Å²) < 4.78 is 45.1. The standard InChI is InChI=1S/C19H21FN2O4S/c1-26-16-5-2-4-14(12-16)13-21-19(23)18-6-3-11-22(18)27(24,25)17-9-7-15(20)8-10-17/h2,4-5,7-10,12,18H,3,6,11,13H2,1H3,(H,21,23). The lowest BCUT2D eigenvalue weighted by Crippen LogP contribution is -2.45. The van der Waals surface area contributed by atoms with Gasteiger partial charge < -0.3 is 10.1 Å². The molecule has 1 N–H and O–H groups in total. The van der Waals surface area contributed by atoms with E-state index in [1.165, 1.54) is 16.4 Å². The van der Waals surface area contributed by atoms with E-state index in [0.717, 1.165) is 17.7 Å². The van der Waals surface area contributed by atoms with Crippen LogP contribution in [-0.4, -0.2) is 38.3 Å². The summed E-state index contributed by atoms with van der Waals surface area (Å²) in [7, 11) is -2.29. The van der Waals surface area contributed by atoms with E-state index in [0.29, 0.717) is 18.6 Å². The third-order valence-electron chi connectivity index (χ3n) is 4.53. The van der Waals surface area contributed by atoms with E-state index in [9.17, 15) is 17.6 Å². The molecule has 1 heterocycles. The van der Waals surface area contributed by atoms with Crippen molar-refractivity contribution in [3.05, 3.63) is 59.9 Å². The van der Waals surface area contributed by atoms with Gasteiger partial charge in [0.2, 0.25) is 15.9 Å². The molecule has 144 valence electrons. The largest absolute Gasteiger partial charge is 0.497 e. The number of amides is 1. The number of carbonyl (C=O) groups is 1. The van der Waals surface area contributed by atoms with E-state index in [-0.39, 0.29) is 23.9 Å². The summed E-state index contributed by atoms with van der Waals surface area (Å²) in [4.78, 5) is 12.6. The van der Waals surface area contributed by atoms with Crippen LogP contribution in [0, 0.1) is 5.82 Å². The molecule has 8 heteroatoms. The van der Waals surface area contributed by atoms with Crippen LogP contribution in [0.25, 0.3) is 0 Å². The second-order valence-corrected chi connectivity index (χ2v) is 8.19. The molecule has 0 spiro atoms. The molecule has 3 rings (SSSR count). The fourth-order valence-corrected chi connectivity index (χ4v) is 4.78. The number of nitrogens with zero attached hydrogens (tertiary/aromatic N) is 1. The fourth-order valence-electron chi connectivity index (χ4n) is 3.12. The number of hydrogen-bond donors (Lipinski definition) is 1. The summed E-state index contributed by atoms with van der Waals surface area (Å²) in [5, 5.41) is 2.79. The normalized spacial score (nSPS) is 17.6. The molecule has 1 amide bonds. The Labute approximate surface area is 158 Å². The third-order valence-corrected chi connectivity index (χ3v) is 6.45. The quantitative estimate of drug-likeness (QED) is 0.819. The lowest BCUT2D eigenvalue weighted by Gasteiger charge is -2.23. The van der Waals surface area contributed by atoms with Crippen LogP contribution in [0.15, 0.2) is 53.4 Å². The second kappa shape index (κ2) is 8.06. The highest BCUT2D eigenvalue weighted by molar-refractivity contribution is 7.89. The van der Waals surface area contributed by atoms with Crippen LogP contribution < -0.4 is 10.1 Å². The molecule has 1 unspecified atom stereocenters. The molecule has 1 fully saturated rings. The molecule has 2 aromatic carbocycles. The summed E-state index contributed by atoms with van der Waals surface area (Å²) in [5.41, 5.74) is 0.855. The number of sulfonamides is 1. The van der Waals surface area contributed by atoms with Crippen LogP contribution in [0.2, 0.25) is 0 Å². The van der Waals surface area contributed by atoms with E-state index in [1.54, 1.807) is 13.2 Å². The molecule has 1 aliphatic rings. The molecule has 0 saturated carbocycles. The lowest BCUT2D eigenvalue weighted by molar-refractivity contribution is -0.124. The smallest absolute Gasteiger partial charge is 0.243 e. The van der Waals surface area contributed by atoms with Gasteiger partial charge in [-0.3, -0.25) is 4.79 Å². The van der Waals surface area contributed by atoms with Crippen LogP contribution in [0.1, 0.15) is 18.4 Å². The van der Waals surface area contributed by atoms with Crippen molar-refractivity contribution < 1.29 is 22.3 Å². The molecule has 0 radical (unpaired) electrons. The van der Waals surface area contributed by atoms with Gasteiger partial charge in [0.15, 0.2) is 0 Å². The van der Waals surface area contributed by atoms with Gasteiger partial charge in [-0.1, -0.05) is 12.1 Å². The van der Waals surface area contributed by atoms with Crippen molar-refractivity contribution in [1.29, 1.82) is 0 Å². The molecule has 2 aromatic rings. The summed E-state index contributed by atoms with van der Waals surface area (Å²) >= 11 is 0. The zero-order chi connectivity index (χ0) is 19.4. The predicted molar refractivity (Wildman–Crippen MR) is 98.2 cm³/mol. The fraction of sp³-hybridized carbons (Fsp3) is 0.316. The predicted octanol–water partition coefficient (Wildman–Crippen LogP) is 2.30. The first-order chi connectivity index (χ1) is 12.9. The van der Waals surface area contributed by atoms with E-state index in [1.807, 2.05) is 18.2 Å². The van der Waals surface area contributed by atoms with Gasteiger partial charge in [-0.2, -0.15) is 4.31 Å². The summed E-state index contributed by atoms with van der Waals surface area (Å²) in [6, 6.07) is 11.1. The number of hydrogen-bond acceptors (Lipinski definition) is 4. The SMILES string of the molecule is COc1cccc(CNC(=O)C2CCCN2S(=O)(=O)c2ccc(F)cc2)c1. The molecule has 1 atom stereocenters. The number of benzene rings is 2. The number of nitrogens with one attached hydrogen (secondary N) is 1. The Morgan fingerprint density at radius 1 is 1.26 bits per heavy atom. The average molecular weight is 392 g/mol. The van der Waals surface area contributed by atoms with Crippen molar-refractivity contribution in [2.75, 3.05) is 13.7 Å². The number of carbonyl (C=O) groups excluding carboxylic acids is 1. The van der Waals surface area contributed by atoms with Crippen molar-refractivity contribution in [2.24, 2.45) is 0 Å². The maximum atomic E-state index is 13.1. The van der Waals surface area contributed by atoms with Crippen molar-refractivity contribution >= 4 is 15.9 Å². The van der Waals surface area contributed by atoms with Gasteiger partial charge in [0.25, 0.3) is 0 Å². The Balaban J connectivity index is 1.71. The minimum Gasteiger partial charge on any atom is -0.497 e. The van der Waals surface area contributed by atoms with Gasteiger partial charge in [-0.05, 0) is 54.8 Å². The molecule has 1 saturated heterocycles. The van der Waals surface area contributed by atoms with Gasteiger partial charge in [-0.15, -0.1) is 0 Å². The highest BCUT2D eigenvalue weighted by Crippen LogP contribution is 2.26. The Morgan fingerprint density at radius 2 is 2.00 bits per heavy atom. The van der Waals surface area contributed by atoms with Crippen molar-refractivity contribution in [3.63, 3.8) is 0 Å². The Kier molecular flexibility index (Phi) is 5.76. The zero-order valence-corrected chi connectivity index (χ0v) is 15.7. The van der Waals surface area contributed by atoms with Crippen LogP contribution in [0.3, 0.4) is 0 Å². The van der Waals surface area contributed by atoms with Crippen LogP contribution in [0.4, 0.5) is 4.39 Å². The molecule has 1 aliphatic heterocycles. The summed E-state index contributed by atoms with van der Waals surface area (Å²) in [6.45, 7) is 0.536. The first-order valence-corrected chi connectivity index (χ1v) is 10.0. The Morgan fingerprint density at radius 3 is 2.70 bits per heavy atom. The maximum Gasteiger partial charge on any atom is 0.243 e. The highest BCUT2D eigenvalue weighted by atomic mass is 32.2. The topological polar surface area (TPSA) is 75.7 Å². The van der Waals surface area contributed by atoms with E-state index in [2.05, 4.69) is 5.32 Å². The molecule has 0 aromatic heterocycles. The summed E-state index contributed by atoms with van der Waals surface area (Å²) in [5.74, 6) is -0.174. The Bertz CT molecular complexity index is 916. The molecular formula is C19H21FN2O4S. The van der Waals surface area contributed by atoms with Crippen LogP contribution in [-0.2, 0) is 21.4 Å². The van der Waals surface area contributed by atoms with E-state index in [4.69, 9.17) is 4.74 Å². The molecule has 27 heavy (non-hydrogen) atoms. The van der Waals surface area contributed by atoms with Crippen LogP contribution in [0.5, 0.6) is 5.75 Å². The average Bonchev–Trinajstić information content (AvgIpc) is 3.17. The molecule has 0 bridgehead atoms. The highest BCUT2D eigenvalue weighted by Gasteiger charge is 2.39. The number of rotatable bonds is 6. The number of methoxy groups -OCH3 is 1. The van der Waals surface area contributed by atoms with Crippen molar-refractivity contribution in [2.45, 2.75) is 30.3 Å². The lowest BCUT2D eigenvalue weighted by atomic mass is 10.2. The minimum absolute atomic E-state index is 0.0172. The van der Waals surface area contributed by atoms with E-state index >= 15 is 0 Å². The van der Waals surface area contributed by atoms with Gasteiger partial charge in [0.1, 0.15) is 17.6 Å². The van der Waals surface area contributed by atoms with E-state index < -0.39 is 21.9 Å². The maximum absolute atomic E-state index is 13.1. The molecule has 6 nitrogen and oxygen atoms in total. The summed E-state index contributed by atoms with van der Waals surface area (Å²) in [6.07, 6.45) is 1.04. The Hall–Kier alpha value is -2.45. The first kappa shape index (κ1) is 19.3. The minimum atomic E-state index is -3.86. The van der Waals surface area contributed by atoms with Crippen molar-refractivity contribution in [3.8, 4) is 5.75 Å². The zero-order valence-electron chi connectivity index (χ0n) is 14.9. The monoisotopic (exact) mass is 392 g/mol. The van der Waals surface area contributed by atoms with Crippen molar-refractivity contribution in [1.82, 2.24) is 9.62 Å². The third kappa shape index (κ3) is 4.28. The van der Waals surface area contributed by atoms with Gasteiger partial charge in [0, 0.05) is 13.1 Å². The van der Waals surface area contributed by atoms with Crippen LogP contribution >= 0.6 is 0 Å². The molecular weight excluding hydrogens is 371 g/mol. The van der Waals surface area contributed by atoms with Gasteiger partial charge >= 0.3 is 0 Å². The first-order valence-electron chi connectivity index (χ1n) is 8.60. The van der Waals surface area contributed by atoms with Gasteiger partial charge in [-0.25, -0.2) is 12.8 Å². The second-order valence-electron chi connectivity index (χ2n) is 6.30. The molecule has 0 aliphatic carbocycles. The van der Waals surface area contributed by atoms with Gasteiger partial charge in [0.05, 0.1) is 12.0 Å². The number of ether oxygens (including phenoxy) is 1. The number of halogens is 1.